The van der Waals surface area contributed by atoms with Crippen molar-refractivity contribution in [3.8, 4) is 0 Å². The van der Waals surface area contributed by atoms with Gasteiger partial charge < -0.3 is 15.8 Å². The van der Waals surface area contributed by atoms with Crippen molar-refractivity contribution in [3.05, 3.63) is 0 Å². The van der Waals surface area contributed by atoms with Gasteiger partial charge in [-0.1, -0.05) is 18.5 Å². The molecule has 1 saturated heterocycles. The van der Waals surface area contributed by atoms with Crippen molar-refractivity contribution >= 4 is 23.5 Å². The van der Waals surface area contributed by atoms with Crippen LogP contribution in [0, 0.1) is 5.92 Å². The number of hydrogen-bond donors (Lipinski definition) is 2. The van der Waals surface area contributed by atoms with E-state index in [4.69, 9.17) is 10.9 Å². The van der Waals surface area contributed by atoms with Gasteiger partial charge in [0.1, 0.15) is 0 Å². The summed E-state index contributed by atoms with van der Waals surface area (Å²) in [5.74, 6) is 1.65. The van der Waals surface area contributed by atoms with Crippen molar-refractivity contribution < 1.29 is 10.0 Å². The number of nitrogens with two attached hydrogens (primary N) is 1. The molecule has 3 N–H and O–H groups in total. The number of oxime groups is 1. The molecule has 0 aliphatic carbocycles. The van der Waals surface area contributed by atoms with Gasteiger partial charge in [-0.05, 0) is 18.6 Å². The molecule has 1 heterocycles. The van der Waals surface area contributed by atoms with Gasteiger partial charge in [-0.3, -0.25) is 4.79 Å². The summed E-state index contributed by atoms with van der Waals surface area (Å²) < 4.78 is 0. The van der Waals surface area contributed by atoms with Crippen molar-refractivity contribution in [2.24, 2.45) is 16.8 Å². The molecule has 0 radical (unpaired) electrons. The molecule has 0 saturated carbocycles. The van der Waals surface area contributed by atoms with Crippen LogP contribution >= 0.6 is 11.8 Å². The van der Waals surface area contributed by atoms with Gasteiger partial charge in [0.25, 0.3) is 0 Å². The monoisotopic (exact) mass is 259 g/mol. The number of thioether (sulfide) groups is 1. The van der Waals surface area contributed by atoms with Crippen LogP contribution in [-0.4, -0.2) is 46.4 Å². The Morgan fingerprint density at radius 2 is 2.29 bits per heavy atom. The van der Waals surface area contributed by atoms with Crippen LogP contribution in [0.25, 0.3) is 0 Å². The summed E-state index contributed by atoms with van der Waals surface area (Å²) >= 11 is 1.87. The number of amidine groups is 1. The molecule has 1 amide bonds. The van der Waals surface area contributed by atoms with E-state index in [1.165, 1.54) is 0 Å². The van der Waals surface area contributed by atoms with Crippen molar-refractivity contribution in [1.29, 1.82) is 0 Å². The molecule has 0 aromatic rings. The second-order valence-electron chi connectivity index (χ2n) is 4.16. The molecule has 1 unspecified atom stereocenters. The summed E-state index contributed by atoms with van der Waals surface area (Å²) in [7, 11) is 0. The largest absolute Gasteiger partial charge is 0.409 e. The lowest BCUT2D eigenvalue weighted by molar-refractivity contribution is -0.133. The molecule has 1 fully saturated rings. The third-order valence-electron chi connectivity index (χ3n) is 2.88. The van der Waals surface area contributed by atoms with Gasteiger partial charge in [0.15, 0.2) is 5.84 Å². The normalized spacial score (nSPS) is 19.8. The van der Waals surface area contributed by atoms with Crippen molar-refractivity contribution in [3.63, 3.8) is 0 Å². The van der Waals surface area contributed by atoms with Gasteiger partial charge in [-0.2, -0.15) is 11.8 Å². The molecule has 6 heteroatoms. The first-order valence-corrected chi connectivity index (χ1v) is 7.20. The fraction of sp³-hybridized carbons (Fsp3) is 0.818. The molecule has 5 nitrogen and oxygen atoms in total. The molecule has 98 valence electrons. The molecule has 1 aliphatic rings. The van der Waals surface area contributed by atoms with Gasteiger partial charge in [-0.25, -0.2) is 0 Å². The first-order chi connectivity index (χ1) is 8.20. The maximum atomic E-state index is 12.3. The topological polar surface area (TPSA) is 78.9 Å². The smallest absolute Gasteiger partial charge is 0.233 e. The molecular formula is C11H21N3O2S. The lowest BCUT2D eigenvalue weighted by Crippen LogP contribution is -2.43. The SMILES string of the molecule is CCCC(C(=O)N1CCCSCC1)C(N)=NO. The Balaban J connectivity index is 2.68. The maximum Gasteiger partial charge on any atom is 0.233 e. The summed E-state index contributed by atoms with van der Waals surface area (Å²) in [6, 6.07) is 0. The molecular weight excluding hydrogens is 238 g/mol. The Morgan fingerprint density at radius 3 is 2.94 bits per heavy atom. The second kappa shape index (κ2) is 7.42. The molecule has 1 atom stereocenters. The van der Waals surface area contributed by atoms with Gasteiger partial charge in [0.05, 0.1) is 5.92 Å². The van der Waals surface area contributed by atoms with Crippen LogP contribution < -0.4 is 5.73 Å². The number of hydrogen-bond acceptors (Lipinski definition) is 4. The minimum atomic E-state index is -0.465. The summed E-state index contributed by atoms with van der Waals surface area (Å²) in [6.07, 6.45) is 2.50. The Hall–Kier alpha value is -0.910. The quantitative estimate of drug-likeness (QED) is 0.343. The number of amides is 1. The van der Waals surface area contributed by atoms with Gasteiger partial charge in [-0.15, -0.1) is 0 Å². The highest BCUT2D eigenvalue weighted by Crippen LogP contribution is 2.16. The van der Waals surface area contributed by atoms with Crippen molar-refractivity contribution in [2.45, 2.75) is 26.2 Å². The van der Waals surface area contributed by atoms with E-state index in [1.807, 2.05) is 23.6 Å². The van der Waals surface area contributed by atoms with Crippen LogP contribution in [0.2, 0.25) is 0 Å². The highest BCUT2D eigenvalue weighted by Gasteiger charge is 2.27. The zero-order chi connectivity index (χ0) is 12.7. The Kier molecular flexibility index (Phi) is 6.18. The first kappa shape index (κ1) is 14.2. The van der Waals surface area contributed by atoms with Crippen LogP contribution in [0.15, 0.2) is 5.16 Å². The fourth-order valence-corrected chi connectivity index (χ4v) is 2.83. The van der Waals surface area contributed by atoms with E-state index in [2.05, 4.69) is 5.16 Å². The molecule has 0 aromatic carbocycles. The summed E-state index contributed by atoms with van der Waals surface area (Å²) in [5, 5.41) is 11.7. The van der Waals surface area contributed by atoms with Crippen LogP contribution in [0.1, 0.15) is 26.2 Å². The van der Waals surface area contributed by atoms with Gasteiger partial charge >= 0.3 is 0 Å². The molecule has 0 bridgehead atoms. The molecule has 0 spiro atoms. The van der Waals surface area contributed by atoms with Gasteiger partial charge in [0.2, 0.25) is 5.91 Å². The Labute approximate surface area is 106 Å². The average molecular weight is 259 g/mol. The highest BCUT2D eigenvalue weighted by atomic mass is 32.2. The van der Waals surface area contributed by atoms with E-state index in [0.29, 0.717) is 6.42 Å². The number of rotatable bonds is 4. The minimum absolute atomic E-state index is 0.00431. The van der Waals surface area contributed by atoms with E-state index in [1.54, 1.807) is 0 Å². The van der Waals surface area contributed by atoms with Crippen molar-refractivity contribution in [2.75, 3.05) is 24.6 Å². The van der Waals surface area contributed by atoms with E-state index in [-0.39, 0.29) is 11.7 Å². The third-order valence-corrected chi connectivity index (χ3v) is 3.93. The predicted octanol–water partition coefficient (Wildman–Crippen LogP) is 1.11. The minimum Gasteiger partial charge on any atom is -0.409 e. The zero-order valence-corrected chi connectivity index (χ0v) is 11.1. The average Bonchev–Trinajstić information content (AvgIpc) is 2.63. The fourth-order valence-electron chi connectivity index (χ4n) is 1.94. The molecule has 1 aliphatic heterocycles. The summed E-state index contributed by atoms with van der Waals surface area (Å²) in [5.41, 5.74) is 5.60. The molecule has 1 rings (SSSR count). The van der Waals surface area contributed by atoms with E-state index in [0.717, 1.165) is 37.4 Å². The summed E-state index contributed by atoms with van der Waals surface area (Å²) in [4.78, 5) is 14.1. The van der Waals surface area contributed by atoms with E-state index < -0.39 is 5.92 Å². The Bertz CT molecular complexity index is 276. The van der Waals surface area contributed by atoms with E-state index in [9.17, 15) is 4.79 Å². The second-order valence-corrected chi connectivity index (χ2v) is 5.38. The molecule has 0 aromatic heterocycles. The number of carbonyl (C=O) groups excluding carboxylic acids is 1. The van der Waals surface area contributed by atoms with Crippen LogP contribution in [-0.2, 0) is 4.79 Å². The lowest BCUT2D eigenvalue weighted by atomic mass is 10.0. The first-order valence-electron chi connectivity index (χ1n) is 6.04. The lowest BCUT2D eigenvalue weighted by Gasteiger charge is -2.25. The van der Waals surface area contributed by atoms with Crippen LogP contribution in [0.5, 0.6) is 0 Å². The van der Waals surface area contributed by atoms with Gasteiger partial charge in [0, 0.05) is 18.8 Å². The third kappa shape index (κ3) is 4.11. The maximum absolute atomic E-state index is 12.3. The standard InChI is InChI=1S/C11H21N3O2S/c1-2-4-9(10(12)13-16)11(15)14-5-3-7-17-8-6-14/h9,16H,2-8H2,1H3,(H2,12,13). The highest BCUT2D eigenvalue weighted by molar-refractivity contribution is 7.99. The summed E-state index contributed by atoms with van der Waals surface area (Å²) in [6.45, 7) is 3.54. The van der Waals surface area contributed by atoms with Crippen LogP contribution in [0.3, 0.4) is 0 Å². The van der Waals surface area contributed by atoms with Crippen molar-refractivity contribution in [1.82, 2.24) is 4.90 Å². The predicted molar refractivity (Wildman–Crippen MR) is 70.3 cm³/mol. The number of nitrogens with zero attached hydrogens (tertiary/aromatic N) is 2. The Morgan fingerprint density at radius 1 is 1.53 bits per heavy atom. The number of carbonyl (C=O) groups is 1. The van der Waals surface area contributed by atoms with E-state index >= 15 is 0 Å². The molecule has 17 heavy (non-hydrogen) atoms. The van der Waals surface area contributed by atoms with Crippen LogP contribution in [0.4, 0.5) is 0 Å². The zero-order valence-electron chi connectivity index (χ0n) is 10.3.